The minimum atomic E-state index is -0.468. The average Bonchev–Trinajstić information content (AvgIpc) is 2.92. The summed E-state index contributed by atoms with van der Waals surface area (Å²) >= 11 is 1.56. The molecule has 0 aliphatic rings. The Hall–Kier alpha value is -2.28. The van der Waals surface area contributed by atoms with Crippen molar-refractivity contribution in [2.45, 2.75) is 58.3 Å². The minimum Gasteiger partial charge on any atom is -0.334 e. The van der Waals surface area contributed by atoms with Crippen LogP contribution in [-0.4, -0.2) is 27.2 Å². The molecule has 0 saturated carbocycles. The second kappa shape index (κ2) is 10.8. The molecule has 0 saturated heterocycles. The van der Waals surface area contributed by atoms with Crippen LogP contribution in [0.4, 0.5) is 4.79 Å². The van der Waals surface area contributed by atoms with Crippen molar-refractivity contribution in [1.29, 1.82) is 0 Å². The number of amides is 3. The van der Waals surface area contributed by atoms with Gasteiger partial charge < -0.3 is 9.88 Å². The Balaban J connectivity index is 1.74. The number of thioether (sulfide) groups is 1. The van der Waals surface area contributed by atoms with E-state index in [4.69, 9.17) is 0 Å². The molecular formula is C20H28N4O2S. The van der Waals surface area contributed by atoms with Gasteiger partial charge in [-0.3, -0.25) is 10.1 Å². The SMILES string of the molecule is CCCCn1c(SCCC(=O)NC(=O)NCc2ccccc2)nc(C)c1C. The van der Waals surface area contributed by atoms with E-state index in [1.807, 2.05) is 37.3 Å². The number of unbranched alkanes of at least 4 members (excludes halogenated alkanes) is 1. The number of nitrogens with one attached hydrogen (secondary N) is 2. The summed E-state index contributed by atoms with van der Waals surface area (Å²) in [5.41, 5.74) is 3.19. The van der Waals surface area contributed by atoms with Gasteiger partial charge in [-0.05, 0) is 25.8 Å². The maximum absolute atomic E-state index is 12.0. The third kappa shape index (κ3) is 6.75. The predicted octanol–water partition coefficient (Wildman–Crippen LogP) is 3.81. The highest BCUT2D eigenvalue weighted by Gasteiger charge is 2.13. The Morgan fingerprint density at radius 2 is 1.93 bits per heavy atom. The van der Waals surface area contributed by atoms with E-state index >= 15 is 0 Å². The molecule has 2 rings (SSSR count). The number of carbonyl (C=O) groups excluding carboxylic acids is 2. The average molecular weight is 389 g/mol. The van der Waals surface area contributed by atoms with Crippen LogP contribution in [0, 0.1) is 13.8 Å². The van der Waals surface area contributed by atoms with Crippen LogP contribution in [0.5, 0.6) is 0 Å². The molecule has 7 heteroatoms. The number of imide groups is 1. The molecule has 0 fully saturated rings. The zero-order valence-corrected chi connectivity index (χ0v) is 17.1. The number of aryl methyl sites for hydroxylation is 1. The summed E-state index contributed by atoms with van der Waals surface area (Å²) in [6, 6.07) is 9.11. The fourth-order valence-corrected chi connectivity index (χ4v) is 3.62. The number of hydrogen-bond acceptors (Lipinski definition) is 4. The van der Waals surface area contributed by atoms with Gasteiger partial charge in [0, 0.05) is 31.0 Å². The lowest BCUT2D eigenvalue weighted by Crippen LogP contribution is -2.39. The monoisotopic (exact) mass is 388 g/mol. The van der Waals surface area contributed by atoms with E-state index in [0.29, 0.717) is 12.3 Å². The molecule has 6 nitrogen and oxygen atoms in total. The molecule has 0 aliphatic carbocycles. The van der Waals surface area contributed by atoms with Gasteiger partial charge in [-0.2, -0.15) is 0 Å². The highest BCUT2D eigenvalue weighted by Crippen LogP contribution is 2.22. The lowest BCUT2D eigenvalue weighted by atomic mass is 10.2. The van der Waals surface area contributed by atoms with Crippen molar-refractivity contribution in [3.05, 3.63) is 47.3 Å². The van der Waals surface area contributed by atoms with E-state index in [1.54, 1.807) is 11.8 Å². The Kier molecular flexibility index (Phi) is 8.39. The maximum Gasteiger partial charge on any atom is 0.321 e. The van der Waals surface area contributed by atoms with Gasteiger partial charge in [0.25, 0.3) is 0 Å². The van der Waals surface area contributed by atoms with Crippen LogP contribution in [0.15, 0.2) is 35.5 Å². The van der Waals surface area contributed by atoms with Crippen molar-refractivity contribution in [3.63, 3.8) is 0 Å². The van der Waals surface area contributed by atoms with E-state index in [2.05, 4.69) is 34.0 Å². The first kappa shape index (κ1) is 21.0. The fourth-order valence-electron chi connectivity index (χ4n) is 2.56. The van der Waals surface area contributed by atoms with Crippen LogP contribution in [0.3, 0.4) is 0 Å². The van der Waals surface area contributed by atoms with E-state index < -0.39 is 6.03 Å². The molecule has 0 radical (unpaired) electrons. The third-order valence-corrected chi connectivity index (χ3v) is 5.25. The van der Waals surface area contributed by atoms with Crippen LogP contribution < -0.4 is 10.6 Å². The van der Waals surface area contributed by atoms with Crippen LogP contribution in [0.1, 0.15) is 43.1 Å². The molecule has 1 aromatic carbocycles. The lowest BCUT2D eigenvalue weighted by molar-refractivity contribution is -0.119. The number of hydrogen-bond donors (Lipinski definition) is 2. The van der Waals surface area contributed by atoms with Crippen LogP contribution in [0.2, 0.25) is 0 Å². The van der Waals surface area contributed by atoms with Crippen molar-refractivity contribution < 1.29 is 9.59 Å². The quantitative estimate of drug-likeness (QED) is 0.641. The van der Waals surface area contributed by atoms with Crippen molar-refractivity contribution in [1.82, 2.24) is 20.2 Å². The molecule has 1 heterocycles. The standard InChI is InChI=1S/C20H28N4O2S/c1-4-5-12-24-16(3)15(2)22-20(24)27-13-11-18(25)23-19(26)21-14-17-9-7-6-8-10-17/h6-10H,4-5,11-14H2,1-3H3,(H2,21,23,25,26). The molecule has 0 aliphatic heterocycles. The van der Waals surface area contributed by atoms with Gasteiger partial charge in [0.15, 0.2) is 5.16 Å². The Morgan fingerprint density at radius 1 is 1.19 bits per heavy atom. The third-order valence-electron chi connectivity index (χ3n) is 4.27. The number of nitrogens with zero attached hydrogens (tertiary/aromatic N) is 2. The Labute approximate surface area is 165 Å². The number of benzene rings is 1. The molecule has 0 spiro atoms. The molecule has 27 heavy (non-hydrogen) atoms. The molecule has 0 unspecified atom stereocenters. The first-order valence-corrected chi connectivity index (χ1v) is 10.3. The summed E-state index contributed by atoms with van der Waals surface area (Å²) in [5, 5.41) is 6.00. The Morgan fingerprint density at radius 3 is 2.63 bits per heavy atom. The topological polar surface area (TPSA) is 76.0 Å². The normalized spacial score (nSPS) is 10.6. The largest absolute Gasteiger partial charge is 0.334 e. The van der Waals surface area contributed by atoms with Gasteiger partial charge in [0.2, 0.25) is 5.91 Å². The molecule has 2 N–H and O–H groups in total. The van der Waals surface area contributed by atoms with Crippen molar-refractivity contribution in [3.8, 4) is 0 Å². The van der Waals surface area contributed by atoms with Crippen molar-refractivity contribution in [2.24, 2.45) is 0 Å². The number of aromatic nitrogens is 2. The second-order valence-corrected chi connectivity index (χ2v) is 7.45. The maximum atomic E-state index is 12.0. The smallest absolute Gasteiger partial charge is 0.321 e. The van der Waals surface area contributed by atoms with E-state index in [-0.39, 0.29) is 12.3 Å². The van der Waals surface area contributed by atoms with Crippen molar-refractivity contribution in [2.75, 3.05) is 5.75 Å². The number of rotatable bonds is 9. The molecule has 3 amide bonds. The first-order chi connectivity index (χ1) is 13.0. The van der Waals surface area contributed by atoms with Crippen LogP contribution in [-0.2, 0) is 17.9 Å². The lowest BCUT2D eigenvalue weighted by Gasteiger charge is -2.09. The predicted molar refractivity (Wildman–Crippen MR) is 109 cm³/mol. The summed E-state index contributed by atoms with van der Waals surface area (Å²) in [4.78, 5) is 28.4. The first-order valence-electron chi connectivity index (χ1n) is 9.29. The molecule has 0 bridgehead atoms. The van der Waals surface area contributed by atoms with E-state index in [0.717, 1.165) is 35.8 Å². The molecular weight excluding hydrogens is 360 g/mol. The second-order valence-electron chi connectivity index (χ2n) is 6.39. The summed E-state index contributed by atoms with van der Waals surface area (Å²) in [7, 11) is 0. The number of urea groups is 1. The highest BCUT2D eigenvalue weighted by atomic mass is 32.2. The van der Waals surface area contributed by atoms with Crippen LogP contribution >= 0.6 is 11.8 Å². The van der Waals surface area contributed by atoms with E-state index in [1.165, 1.54) is 5.69 Å². The van der Waals surface area contributed by atoms with Crippen molar-refractivity contribution >= 4 is 23.7 Å². The van der Waals surface area contributed by atoms with Gasteiger partial charge in [-0.1, -0.05) is 55.4 Å². The summed E-state index contributed by atoms with van der Waals surface area (Å²) in [6.07, 6.45) is 2.50. The number of imidazole rings is 1. The van der Waals surface area contributed by atoms with E-state index in [9.17, 15) is 9.59 Å². The van der Waals surface area contributed by atoms with Crippen LogP contribution in [0.25, 0.3) is 0 Å². The summed E-state index contributed by atoms with van der Waals surface area (Å²) < 4.78 is 2.22. The zero-order valence-electron chi connectivity index (χ0n) is 16.2. The zero-order chi connectivity index (χ0) is 19.6. The molecule has 2 aromatic rings. The molecule has 146 valence electrons. The minimum absolute atomic E-state index is 0.266. The summed E-state index contributed by atoms with van der Waals surface area (Å²) in [5.74, 6) is 0.299. The van der Waals surface area contributed by atoms with Gasteiger partial charge in [0.05, 0.1) is 5.69 Å². The molecule has 1 aromatic heterocycles. The fraction of sp³-hybridized carbons (Fsp3) is 0.450. The van der Waals surface area contributed by atoms with Gasteiger partial charge >= 0.3 is 6.03 Å². The van der Waals surface area contributed by atoms with Gasteiger partial charge in [-0.25, -0.2) is 9.78 Å². The van der Waals surface area contributed by atoms with Gasteiger partial charge in [0.1, 0.15) is 0 Å². The Bertz CT molecular complexity index is 759. The number of carbonyl (C=O) groups is 2. The molecule has 0 atom stereocenters. The summed E-state index contributed by atoms with van der Waals surface area (Å²) in [6.45, 7) is 7.58. The van der Waals surface area contributed by atoms with Gasteiger partial charge in [-0.15, -0.1) is 0 Å². The highest BCUT2D eigenvalue weighted by molar-refractivity contribution is 7.99.